The lowest BCUT2D eigenvalue weighted by Gasteiger charge is -2.22. The highest BCUT2D eigenvalue weighted by molar-refractivity contribution is 7.10. The number of carbonyl (C=O) groups is 1. The van der Waals surface area contributed by atoms with Crippen molar-refractivity contribution in [1.82, 2.24) is 4.90 Å². The number of carbonyl (C=O) groups excluding carboxylic acids is 1. The summed E-state index contributed by atoms with van der Waals surface area (Å²) in [6, 6.07) is 1.81. The summed E-state index contributed by atoms with van der Waals surface area (Å²) in [7, 11) is 0. The van der Waals surface area contributed by atoms with Crippen LogP contribution < -0.4 is 0 Å². The molecule has 21 heavy (non-hydrogen) atoms. The van der Waals surface area contributed by atoms with E-state index in [1.54, 1.807) is 6.07 Å². The molecule has 0 radical (unpaired) electrons. The van der Waals surface area contributed by atoms with Crippen molar-refractivity contribution in [2.45, 2.75) is 38.2 Å². The highest BCUT2D eigenvalue weighted by atomic mass is 32.1. The van der Waals surface area contributed by atoms with E-state index < -0.39 is 5.60 Å². The number of rotatable bonds is 2. The Balaban J connectivity index is 2.02. The van der Waals surface area contributed by atoms with Gasteiger partial charge in [0.1, 0.15) is 0 Å². The van der Waals surface area contributed by atoms with Gasteiger partial charge in [-0.05, 0) is 32.3 Å². The molecule has 4 nitrogen and oxygen atoms in total. The molecular formula is C16H21NO3S. The van der Waals surface area contributed by atoms with Crippen molar-refractivity contribution < 1.29 is 15.0 Å². The molecule has 114 valence electrons. The molecule has 0 saturated carbocycles. The van der Waals surface area contributed by atoms with Crippen molar-refractivity contribution >= 4 is 17.2 Å². The fourth-order valence-corrected chi connectivity index (χ4v) is 3.12. The third-order valence-electron chi connectivity index (χ3n) is 3.65. The van der Waals surface area contributed by atoms with Gasteiger partial charge in [0.25, 0.3) is 5.91 Å². The molecule has 2 rings (SSSR count). The van der Waals surface area contributed by atoms with E-state index in [0.717, 1.165) is 17.7 Å². The van der Waals surface area contributed by atoms with E-state index in [2.05, 4.69) is 11.8 Å². The van der Waals surface area contributed by atoms with Crippen molar-refractivity contribution in [3.63, 3.8) is 0 Å². The van der Waals surface area contributed by atoms with Gasteiger partial charge >= 0.3 is 0 Å². The van der Waals surface area contributed by atoms with Crippen molar-refractivity contribution in [2.24, 2.45) is 0 Å². The SMILES string of the molecule is CC1(O)CCCN(C(=O)c2csc(C#CCCO)c2)CC1. The molecule has 1 fully saturated rings. The van der Waals surface area contributed by atoms with Gasteiger partial charge in [-0.1, -0.05) is 11.8 Å². The van der Waals surface area contributed by atoms with Crippen LogP contribution in [0.15, 0.2) is 11.4 Å². The van der Waals surface area contributed by atoms with Gasteiger partial charge in [0, 0.05) is 24.9 Å². The Morgan fingerprint density at radius 2 is 2.29 bits per heavy atom. The van der Waals surface area contributed by atoms with Gasteiger partial charge in [-0.15, -0.1) is 11.3 Å². The summed E-state index contributed by atoms with van der Waals surface area (Å²) in [6.07, 6.45) is 2.62. The van der Waals surface area contributed by atoms with E-state index in [4.69, 9.17) is 5.11 Å². The predicted octanol–water partition coefficient (Wildman–Crippen LogP) is 1.86. The molecule has 0 aromatic carbocycles. The van der Waals surface area contributed by atoms with Gasteiger partial charge in [0.05, 0.1) is 22.6 Å². The van der Waals surface area contributed by atoms with Crippen LogP contribution in [0.1, 0.15) is 47.8 Å². The number of hydrogen-bond donors (Lipinski definition) is 2. The van der Waals surface area contributed by atoms with Gasteiger partial charge in [-0.2, -0.15) is 0 Å². The van der Waals surface area contributed by atoms with Gasteiger partial charge in [0.15, 0.2) is 0 Å². The summed E-state index contributed by atoms with van der Waals surface area (Å²) >= 11 is 1.45. The number of thiophene rings is 1. The molecule has 5 heteroatoms. The first kappa shape index (κ1) is 16.0. The molecule has 1 amide bonds. The third kappa shape index (κ3) is 4.57. The maximum atomic E-state index is 12.5. The second-order valence-electron chi connectivity index (χ2n) is 5.62. The Kier molecular flexibility index (Phi) is 5.40. The molecule has 1 aliphatic rings. The Hall–Kier alpha value is -1.35. The molecular weight excluding hydrogens is 286 g/mol. The van der Waals surface area contributed by atoms with Gasteiger partial charge < -0.3 is 15.1 Å². The van der Waals surface area contributed by atoms with Crippen LogP contribution in [-0.4, -0.2) is 46.3 Å². The molecule has 1 atom stereocenters. The second kappa shape index (κ2) is 7.08. The lowest BCUT2D eigenvalue weighted by Crippen LogP contribution is -2.33. The second-order valence-corrected chi connectivity index (χ2v) is 6.53. The van der Waals surface area contributed by atoms with E-state index in [1.807, 2.05) is 17.2 Å². The van der Waals surface area contributed by atoms with Crippen LogP contribution in [0.3, 0.4) is 0 Å². The highest BCUT2D eigenvalue weighted by Crippen LogP contribution is 2.23. The lowest BCUT2D eigenvalue weighted by molar-refractivity contribution is 0.0438. The van der Waals surface area contributed by atoms with Gasteiger partial charge in [0.2, 0.25) is 0 Å². The minimum Gasteiger partial charge on any atom is -0.395 e. The minimum absolute atomic E-state index is 0.0131. The first-order chi connectivity index (χ1) is 10.0. The smallest absolute Gasteiger partial charge is 0.254 e. The minimum atomic E-state index is -0.662. The lowest BCUT2D eigenvalue weighted by atomic mass is 9.98. The Morgan fingerprint density at radius 1 is 1.48 bits per heavy atom. The van der Waals surface area contributed by atoms with Crippen molar-refractivity contribution in [2.75, 3.05) is 19.7 Å². The molecule has 0 spiro atoms. The average Bonchev–Trinajstić information content (AvgIpc) is 2.83. The van der Waals surface area contributed by atoms with Crippen LogP contribution >= 0.6 is 11.3 Å². The summed E-state index contributed by atoms with van der Waals surface area (Å²) in [4.78, 5) is 15.1. The number of nitrogens with zero attached hydrogens (tertiary/aromatic N) is 1. The van der Waals surface area contributed by atoms with Crippen molar-refractivity contribution in [1.29, 1.82) is 0 Å². The Labute approximate surface area is 129 Å². The molecule has 1 aliphatic heterocycles. The summed E-state index contributed by atoms with van der Waals surface area (Å²) in [5.41, 5.74) is -0.000206. The zero-order valence-electron chi connectivity index (χ0n) is 12.3. The van der Waals surface area contributed by atoms with Crippen LogP contribution in [0.2, 0.25) is 0 Å². The molecule has 1 aromatic heterocycles. The number of aliphatic hydroxyl groups excluding tert-OH is 1. The van der Waals surface area contributed by atoms with E-state index in [0.29, 0.717) is 31.5 Å². The van der Waals surface area contributed by atoms with Crippen molar-refractivity contribution in [3.8, 4) is 11.8 Å². The maximum Gasteiger partial charge on any atom is 0.254 e. The van der Waals surface area contributed by atoms with E-state index >= 15 is 0 Å². The van der Waals surface area contributed by atoms with Crippen LogP contribution in [-0.2, 0) is 0 Å². The standard InChI is InChI=1S/C16H21NO3S/c1-16(20)6-4-8-17(9-7-16)15(19)13-11-14(21-12-13)5-2-3-10-18/h11-12,18,20H,3-4,6-10H2,1H3. The molecule has 2 heterocycles. The predicted molar refractivity (Wildman–Crippen MR) is 83.3 cm³/mol. The molecule has 0 bridgehead atoms. The summed E-state index contributed by atoms with van der Waals surface area (Å²) in [6.45, 7) is 3.17. The Morgan fingerprint density at radius 3 is 3.05 bits per heavy atom. The molecule has 0 aliphatic carbocycles. The number of hydrogen-bond acceptors (Lipinski definition) is 4. The zero-order valence-corrected chi connectivity index (χ0v) is 13.1. The fourth-order valence-electron chi connectivity index (χ4n) is 2.37. The number of likely N-dealkylation sites (tertiary alicyclic amines) is 1. The first-order valence-electron chi connectivity index (χ1n) is 7.22. The topological polar surface area (TPSA) is 60.8 Å². The highest BCUT2D eigenvalue weighted by Gasteiger charge is 2.27. The van der Waals surface area contributed by atoms with Gasteiger partial charge in [-0.25, -0.2) is 0 Å². The molecule has 1 aromatic rings. The maximum absolute atomic E-state index is 12.5. The van der Waals surface area contributed by atoms with Crippen LogP contribution in [0.25, 0.3) is 0 Å². The van der Waals surface area contributed by atoms with Gasteiger partial charge in [-0.3, -0.25) is 4.79 Å². The normalized spacial score (nSPS) is 22.3. The van der Waals surface area contributed by atoms with Crippen LogP contribution in [0.5, 0.6) is 0 Å². The molecule has 1 unspecified atom stereocenters. The van der Waals surface area contributed by atoms with Crippen LogP contribution in [0, 0.1) is 11.8 Å². The fraction of sp³-hybridized carbons (Fsp3) is 0.562. The summed E-state index contributed by atoms with van der Waals surface area (Å²) in [5.74, 6) is 5.82. The zero-order chi connectivity index (χ0) is 15.3. The molecule has 2 N–H and O–H groups in total. The van der Waals surface area contributed by atoms with E-state index in [1.165, 1.54) is 11.3 Å². The molecule has 1 saturated heterocycles. The van der Waals surface area contributed by atoms with Crippen molar-refractivity contribution in [3.05, 3.63) is 21.9 Å². The Bertz CT molecular complexity index is 553. The number of aliphatic hydroxyl groups is 2. The number of amides is 1. The van der Waals surface area contributed by atoms with Crippen LogP contribution in [0.4, 0.5) is 0 Å². The summed E-state index contributed by atoms with van der Waals surface area (Å²) in [5, 5.41) is 20.6. The first-order valence-corrected chi connectivity index (χ1v) is 8.10. The summed E-state index contributed by atoms with van der Waals surface area (Å²) < 4.78 is 0. The largest absolute Gasteiger partial charge is 0.395 e. The third-order valence-corrected chi connectivity index (χ3v) is 4.49. The monoisotopic (exact) mass is 307 g/mol. The van der Waals surface area contributed by atoms with E-state index in [9.17, 15) is 9.90 Å². The average molecular weight is 307 g/mol. The quantitative estimate of drug-likeness (QED) is 0.820. The van der Waals surface area contributed by atoms with E-state index in [-0.39, 0.29) is 12.5 Å².